The summed E-state index contributed by atoms with van der Waals surface area (Å²) in [7, 11) is 1.79. The fourth-order valence-corrected chi connectivity index (χ4v) is 1.90. The van der Waals surface area contributed by atoms with E-state index < -0.39 is 0 Å². The van der Waals surface area contributed by atoms with Crippen LogP contribution in [0.15, 0.2) is 6.20 Å². The minimum atomic E-state index is -0.318. The van der Waals surface area contributed by atoms with E-state index in [9.17, 15) is 4.79 Å². The first-order valence-electron chi connectivity index (χ1n) is 5.54. The minimum Gasteiger partial charge on any atom is -0.462 e. The number of aromatic nitrogens is 2. The maximum absolute atomic E-state index is 11.7. The maximum Gasteiger partial charge on any atom is 0.341 e. The van der Waals surface area contributed by atoms with Crippen LogP contribution >= 0.6 is 0 Å². The summed E-state index contributed by atoms with van der Waals surface area (Å²) in [6.07, 6.45) is 3.57. The van der Waals surface area contributed by atoms with Crippen molar-refractivity contribution in [3.8, 4) is 0 Å². The van der Waals surface area contributed by atoms with Crippen molar-refractivity contribution in [3.63, 3.8) is 0 Å². The molecule has 2 rings (SSSR count). The summed E-state index contributed by atoms with van der Waals surface area (Å²) in [4.78, 5) is 11.7. The Bertz CT molecular complexity index is 381. The topological polar surface area (TPSA) is 53.4 Å². The second-order valence-electron chi connectivity index (χ2n) is 3.82. The fraction of sp³-hybridized carbons (Fsp3) is 0.636. The fourth-order valence-electron chi connectivity index (χ4n) is 1.90. The van der Waals surface area contributed by atoms with E-state index in [4.69, 9.17) is 9.47 Å². The van der Waals surface area contributed by atoms with Crippen LogP contribution < -0.4 is 0 Å². The average molecular weight is 224 g/mol. The standard InChI is InChI=1S/C11H16N2O3/c1-3-15-11(14)8-7-13(2)12-10(8)9-5-4-6-16-9/h7,9H,3-6H2,1-2H3/t9-/m1/s1. The third-order valence-corrected chi connectivity index (χ3v) is 2.59. The summed E-state index contributed by atoms with van der Waals surface area (Å²) >= 11 is 0. The first-order chi connectivity index (χ1) is 7.72. The van der Waals surface area contributed by atoms with Crippen molar-refractivity contribution >= 4 is 5.97 Å². The van der Waals surface area contributed by atoms with Crippen molar-refractivity contribution in [1.29, 1.82) is 0 Å². The van der Waals surface area contributed by atoms with Gasteiger partial charge in [0.05, 0.1) is 6.61 Å². The highest BCUT2D eigenvalue weighted by Crippen LogP contribution is 2.29. The number of carbonyl (C=O) groups excluding carboxylic acids is 1. The van der Waals surface area contributed by atoms with E-state index in [1.807, 2.05) is 0 Å². The largest absolute Gasteiger partial charge is 0.462 e. The van der Waals surface area contributed by atoms with Crippen LogP contribution in [0.4, 0.5) is 0 Å². The third kappa shape index (κ3) is 2.09. The normalized spacial score (nSPS) is 20.0. The summed E-state index contributed by atoms with van der Waals surface area (Å²) in [6, 6.07) is 0. The molecule has 0 aromatic carbocycles. The molecule has 1 aliphatic rings. The second kappa shape index (κ2) is 4.65. The van der Waals surface area contributed by atoms with Gasteiger partial charge in [-0.15, -0.1) is 0 Å². The third-order valence-electron chi connectivity index (χ3n) is 2.59. The number of aryl methyl sites for hydroxylation is 1. The zero-order valence-electron chi connectivity index (χ0n) is 9.60. The Morgan fingerprint density at radius 3 is 3.19 bits per heavy atom. The molecule has 0 amide bonds. The van der Waals surface area contributed by atoms with Crippen LogP contribution in [-0.4, -0.2) is 29.0 Å². The van der Waals surface area contributed by atoms with Gasteiger partial charge >= 0.3 is 5.97 Å². The van der Waals surface area contributed by atoms with E-state index in [-0.39, 0.29) is 12.1 Å². The van der Waals surface area contributed by atoms with Gasteiger partial charge in [-0.05, 0) is 19.8 Å². The van der Waals surface area contributed by atoms with Gasteiger partial charge in [-0.3, -0.25) is 4.68 Å². The van der Waals surface area contributed by atoms with E-state index in [1.165, 1.54) is 0 Å². The molecular weight excluding hydrogens is 208 g/mol. The molecule has 16 heavy (non-hydrogen) atoms. The number of nitrogens with zero attached hydrogens (tertiary/aromatic N) is 2. The molecule has 1 aliphatic heterocycles. The highest BCUT2D eigenvalue weighted by molar-refractivity contribution is 5.90. The molecule has 0 spiro atoms. The molecule has 2 heterocycles. The van der Waals surface area contributed by atoms with Gasteiger partial charge in [0.1, 0.15) is 17.4 Å². The molecule has 1 fully saturated rings. The molecule has 5 heteroatoms. The number of esters is 1. The zero-order valence-corrected chi connectivity index (χ0v) is 9.60. The first kappa shape index (κ1) is 11.1. The number of hydrogen-bond acceptors (Lipinski definition) is 4. The second-order valence-corrected chi connectivity index (χ2v) is 3.82. The molecule has 0 saturated carbocycles. The van der Waals surface area contributed by atoms with Gasteiger partial charge in [-0.25, -0.2) is 4.79 Å². The average Bonchev–Trinajstić information content (AvgIpc) is 2.85. The highest BCUT2D eigenvalue weighted by Gasteiger charge is 2.27. The molecule has 1 aromatic rings. The van der Waals surface area contributed by atoms with Gasteiger partial charge in [0.2, 0.25) is 0 Å². The molecule has 0 unspecified atom stereocenters. The smallest absolute Gasteiger partial charge is 0.341 e. The van der Waals surface area contributed by atoms with Crippen molar-refractivity contribution in [2.75, 3.05) is 13.2 Å². The van der Waals surface area contributed by atoms with Crippen molar-refractivity contribution < 1.29 is 14.3 Å². The van der Waals surface area contributed by atoms with E-state index in [2.05, 4.69) is 5.10 Å². The van der Waals surface area contributed by atoms with Crippen molar-refractivity contribution in [2.24, 2.45) is 7.05 Å². The maximum atomic E-state index is 11.7. The minimum absolute atomic E-state index is 0.0550. The van der Waals surface area contributed by atoms with Gasteiger partial charge in [0.25, 0.3) is 0 Å². The Morgan fingerprint density at radius 1 is 1.75 bits per heavy atom. The van der Waals surface area contributed by atoms with Crippen LogP contribution in [0.5, 0.6) is 0 Å². The van der Waals surface area contributed by atoms with Gasteiger partial charge in [-0.2, -0.15) is 5.10 Å². The van der Waals surface area contributed by atoms with Crippen LogP contribution in [0.25, 0.3) is 0 Å². The van der Waals surface area contributed by atoms with Crippen molar-refractivity contribution in [1.82, 2.24) is 9.78 Å². The lowest BCUT2D eigenvalue weighted by Gasteiger charge is -2.07. The van der Waals surface area contributed by atoms with Crippen LogP contribution in [0.2, 0.25) is 0 Å². The highest BCUT2D eigenvalue weighted by atomic mass is 16.5. The predicted molar refractivity (Wildman–Crippen MR) is 57.1 cm³/mol. The Morgan fingerprint density at radius 2 is 2.56 bits per heavy atom. The van der Waals surface area contributed by atoms with Gasteiger partial charge < -0.3 is 9.47 Å². The summed E-state index contributed by atoms with van der Waals surface area (Å²) in [5.41, 5.74) is 1.23. The van der Waals surface area contributed by atoms with E-state index in [1.54, 1.807) is 24.9 Å². The van der Waals surface area contributed by atoms with E-state index in [0.717, 1.165) is 19.4 Å². The molecule has 0 N–H and O–H groups in total. The van der Waals surface area contributed by atoms with Gasteiger partial charge in [0.15, 0.2) is 0 Å². The SMILES string of the molecule is CCOC(=O)c1cn(C)nc1[C@H]1CCCO1. The first-order valence-corrected chi connectivity index (χ1v) is 5.54. The van der Waals surface area contributed by atoms with Crippen LogP contribution in [0, 0.1) is 0 Å². The molecule has 0 bridgehead atoms. The number of rotatable bonds is 3. The Kier molecular flexibility index (Phi) is 3.24. The summed E-state index contributed by atoms with van der Waals surface area (Å²) in [5.74, 6) is -0.318. The van der Waals surface area contributed by atoms with Crippen molar-refractivity contribution in [3.05, 3.63) is 17.5 Å². The molecule has 5 nitrogen and oxygen atoms in total. The quantitative estimate of drug-likeness (QED) is 0.729. The van der Waals surface area contributed by atoms with Crippen LogP contribution in [-0.2, 0) is 16.5 Å². The number of ether oxygens (including phenoxy) is 2. The molecule has 0 aliphatic carbocycles. The predicted octanol–water partition coefficient (Wildman–Crippen LogP) is 1.45. The van der Waals surface area contributed by atoms with Gasteiger partial charge in [0, 0.05) is 19.9 Å². The Balaban J connectivity index is 2.25. The Hall–Kier alpha value is -1.36. The lowest BCUT2D eigenvalue weighted by atomic mass is 10.1. The lowest BCUT2D eigenvalue weighted by Crippen LogP contribution is -2.09. The number of hydrogen-bond donors (Lipinski definition) is 0. The molecule has 1 saturated heterocycles. The molecular formula is C11H16N2O3. The molecule has 1 aromatic heterocycles. The monoisotopic (exact) mass is 224 g/mol. The lowest BCUT2D eigenvalue weighted by molar-refractivity contribution is 0.0514. The van der Waals surface area contributed by atoms with Gasteiger partial charge in [-0.1, -0.05) is 0 Å². The Labute approximate surface area is 94.3 Å². The molecule has 1 atom stereocenters. The van der Waals surface area contributed by atoms with Crippen molar-refractivity contribution in [2.45, 2.75) is 25.9 Å². The van der Waals surface area contributed by atoms with E-state index in [0.29, 0.717) is 17.9 Å². The summed E-state index contributed by atoms with van der Waals surface area (Å²) in [6.45, 7) is 2.90. The van der Waals surface area contributed by atoms with Crippen LogP contribution in [0.1, 0.15) is 41.9 Å². The number of carbonyl (C=O) groups is 1. The van der Waals surface area contributed by atoms with Crippen LogP contribution in [0.3, 0.4) is 0 Å². The summed E-state index contributed by atoms with van der Waals surface area (Å²) in [5, 5.41) is 4.29. The molecule has 88 valence electrons. The zero-order chi connectivity index (χ0) is 11.5. The summed E-state index contributed by atoms with van der Waals surface area (Å²) < 4.78 is 12.2. The van der Waals surface area contributed by atoms with E-state index >= 15 is 0 Å². The molecule has 0 radical (unpaired) electrons.